The molecule has 1 saturated heterocycles. The number of rotatable bonds is 5. The van der Waals surface area contributed by atoms with Crippen LogP contribution in [0.25, 0.3) is 0 Å². The lowest BCUT2D eigenvalue weighted by atomic mass is 9.94. The minimum Gasteiger partial charge on any atom is -0.459 e. The zero-order chi connectivity index (χ0) is 25.3. The lowest BCUT2D eigenvalue weighted by Gasteiger charge is -2.23. The fourth-order valence-corrected chi connectivity index (χ4v) is 7.79. The Morgan fingerprint density at radius 1 is 0.944 bits per heavy atom. The highest BCUT2D eigenvalue weighted by molar-refractivity contribution is 7.17. The minimum absolute atomic E-state index is 0.168. The van der Waals surface area contributed by atoms with Gasteiger partial charge in [-0.2, -0.15) is 13.2 Å². The fourth-order valence-electron chi connectivity index (χ4n) is 5.24. The van der Waals surface area contributed by atoms with Gasteiger partial charge in [0.2, 0.25) is 0 Å². The van der Waals surface area contributed by atoms with Gasteiger partial charge in [0.25, 0.3) is 0 Å². The number of halogens is 3. The van der Waals surface area contributed by atoms with Crippen LogP contribution in [0.3, 0.4) is 0 Å². The Morgan fingerprint density at radius 3 is 2.28 bits per heavy atom. The number of esters is 1. The van der Waals surface area contributed by atoms with E-state index in [0.717, 1.165) is 70.7 Å². The van der Waals surface area contributed by atoms with Gasteiger partial charge >= 0.3 is 18.2 Å². The molecule has 0 saturated carbocycles. The normalized spacial score (nSPS) is 18.3. The molecule has 6 nitrogen and oxygen atoms in total. The number of carbonyl (C=O) groups excluding carboxylic acids is 2. The van der Waals surface area contributed by atoms with Gasteiger partial charge in [-0.05, 0) is 68.1 Å². The van der Waals surface area contributed by atoms with Crippen molar-refractivity contribution >= 4 is 39.7 Å². The average Bonchev–Trinajstić information content (AvgIpc) is 3.41. The van der Waals surface area contributed by atoms with Crippen LogP contribution >= 0.6 is 22.7 Å². The Balaban J connectivity index is 1.32. The zero-order valence-electron chi connectivity index (χ0n) is 19.9. The molecule has 0 atom stereocenters. The number of amides is 2. The molecule has 2 aromatic rings. The van der Waals surface area contributed by atoms with Crippen LogP contribution in [0.2, 0.25) is 0 Å². The molecule has 0 radical (unpaired) electrons. The van der Waals surface area contributed by atoms with Crippen molar-refractivity contribution in [2.45, 2.75) is 83.0 Å². The molecule has 36 heavy (non-hydrogen) atoms. The van der Waals surface area contributed by atoms with Crippen molar-refractivity contribution in [2.24, 2.45) is 0 Å². The maximum Gasteiger partial charge on any atom is 0.425 e. The van der Waals surface area contributed by atoms with Gasteiger partial charge in [-0.1, -0.05) is 0 Å². The first-order valence-corrected chi connectivity index (χ1v) is 14.1. The zero-order valence-corrected chi connectivity index (χ0v) is 21.5. The van der Waals surface area contributed by atoms with E-state index in [-0.39, 0.29) is 18.2 Å². The number of hydrogen-bond donors (Lipinski definition) is 2. The van der Waals surface area contributed by atoms with Crippen molar-refractivity contribution in [1.82, 2.24) is 5.32 Å². The molecule has 196 valence electrons. The Morgan fingerprint density at radius 2 is 1.58 bits per heavy atom. The van der Waals surface area contributed by atoms with Crippen LogP contribution in [0.1, 0.15) is 80.2 Å². The number of ether oxygens (including phenoxy) is 2. The van der Waals surface area contributed by atoms with Crippen LogP contribution in [0, 0.1) is 0 Å². The van der Waals surface area contributed by atoms with E-state index in [0.29, 0.717) is 49.5 Å². The molecule has 2 aliphatic carbocycles. The summed E-state index contributed by atoms with van der Waals surface area (Å²) < 4.78 is 52.2. The predicted molar refractivity (Wildman–Crippen MR) is 132 cm³/mol. The second kappa shape index (κ2) is 10.7. The summed E-state index contributed by atoms with van der Waals surface area (Å²) in [6.45, 7) is 0.873. The number of hydrogen-bond acceptors (Lipinski definition) is 6. The molecule has 5 rings (SSSR count). The highest BCUT2D eigenvalue weighted by atomic mass is 32.1. The van der Waals surface area contributed by atoms with Gasteiger partial charge in [0.15, 0.2) is 0 Å². The second-order valence-corrected chi connectivity index (χ2v) is 11.7. The maximum absolute atomic E-state index is 13.7. The molecule has 0 aromatic carbocycles. The van der Waals surface area contributed by atoms with Crippen LogP contribution in [0.4, 0.5) is 23.0 Å². The van der Waals surface area contributed by atoms with Crippen molar-refractivity contribution in [3.05, 3.63) is 36.9 Å². The van der Waals surface area contributed by atoms with E-state index in [1.807, 2.05) is 0 Å². The molecule has 1 aliphatic heterocycles. The van der Waals surface area contributed by atoms with Crippen molar-refractivity contribution in [3.8, 4) is 0 Å². The van der Waals surface area contributed by atoms with E-state index in [2.05, 4.69) is 10.6 Å². The number of carbonyl (C=O) groups is 2. The molecular weight excluding hydrogens is 513 g/mol. The summed E-state index contributed by atoms with van der Waals surface area (Å²) >= 11 is 2.16. The molecule has 2 N–H and O–H groups in total. The van der Waals surface area contributed by atoms with E-state index in [1.165, 1.54) is 11.3 Å². The first-order valence-electron chi connectivity index (χ1n) is 12.5. The quantitative estimate of drug-likeness (QED) is 0.439. The lowest BCUT2D eigenvalue weighted by molar-refractivity contribution is -0.135. The van der Waals surface area contributed by atoms with E-state index in [4.69, 9.17) is 9.47 Å². The minimum atomic E-state index is -4.45. The molecule has 3 heterocycles. The fraction of sp³-hybridized carbons (Fsp3) is 0.600. The molecular formula is C25H29F3N2O4S2. The van der Waals surface area contributed by atoms with E-state index in [1.54, 1.807) is 0 Å². The monoisotopic (exact) mass is 542 g/mol. The average molecular weight is 543 g/mol. The second-order valence-electron chi connectivity index (χ2n) is 9.46. The summed E-state index contributed by atoms with van der Waals surface area (Å²) in [5.74, 6) is -0.456. The number of anilines is 1. The van der Waals surface area contributed by atoms with Crippen molar-refractivity contribution in [3.63, 3.8) is 0 Å². The summed E-state index contributed by atoms with van der Waals surface area (Å²) in [6, 6.07) is -0.627. The van der Waals surface area contributed by atoms with Gasteiger partial charge in [0.1, 0.15) is 16.0 Å². The lowest BCUT2D eigenvalue weighted by Crippen LogP contribution is -2.30. The maximum atomic E-state index is 13.7. The predicted octanol–water partition coefficient (Wildman–Crippen LogP) is 6.24. The Labute approximate surface area is 215 Å². The van der Waals surface area contributed by atoms with Crippen LogP contribution in [0.5, 0.6) is 0 Å². The van der Waals surface area contributed by atoms with E-state index in [9.17, 15) is 22.8 Å². The third-order valence-electron chi connectivity index (χ3n) is 7.01. The molecule has 0 spiro atoms. The van der Waals surface area contributed by atoms with Crippen LogP contribution in [0.15, 0.2) is 0 Å². The van der Waals surface area contributed by atoms with Gasteiger partial charge < -0.3 is 14.8 Å². The third kappa shape index (κ3) is 5.43. The number of urea groups is 1. The highest BCUT2D eigenvalue weighted by Gasteiger charge is 2.38. The molecule has 11 heteroatoms. The standard InChI is InChI=1S/C25H29F3N2O4S2/c26-25(27,28)21-17(15-5-1-3-7-18(15)35-21)13-29-24(32)30-22-20(16-6-2-4-8-19(16)36-22)23(31)34-14-9-11-33-12-10-14/h14H,1-13H2,(H2,29,30,32). The molecule has 0 bridgehead atoms. The van der Waals surface area contributed by atoms with Gasteiger partial charge in [0, 0.05) is 29.1 Å². The summed E-state index contributed by atoms with van der Waals surface area (Å²) in [6.07, 6.45) is 3.10. The topological polar surface area (TPSA) is 76.7 Å². The van der Waals surface area contributed by atoms with Crippen molar-refractivity contribution in [2.75, 3.05) is 18.5 Å². The number of thiophene rings is 2. The summed E-state index contributed by atoms with van der Waals surface area (Å²) in [5, 5.41) is 5.77. The van der Waals surface area contributed by atoms with Crippen molar-refractivity contribution in [1.29, 1.82) is 0 Å². The van der Waals surface area contributed by atoms with Crippen LogP contribution < -0.4 is 10.6 Å². The molecule has 2 aromatic heterocycles. The first kappa shape index (κ1) is 25.5. The highest BCUT2D eigenvalue weighted by Crippen LogP contribution is 2.43. The Kier molecular flexibility index (Phi) is 7.60. The van der Waals surface area contributed by atoms with E-state index < -0.39 is 23.1 Å². The number of fused-ring (bicyclic) bond motifs is 2. The molecule has 2 amide bonds. The molecule has 3 aliphatic rings. The molecule has 1 fully saturated rings. The largest absolute Gasteiger partial charge is 0.459 e. The number of nitrogens with one attached hydrogen (secondary N) is 2. The third-order valence-corrected chi connectivity index (χ3v) is 9.59. The summed E-state index contributed by atoms with van der Waals surface area (Å²) in [5.41, 5.74) is 2.21. The number of alkyl halides is 3. The van der Waals surface area contributed by atoms with Crippen molar-refractivity contribution < 1.29 is 32.2 Å². The Bertz CT molecular complexity index is 1140. The van der Waals surface area contributed by atoms with Gasteiger partial charge in [0.05, 0.1) is 18.8 Å². The smallest absolute Gasteiger partial charge is 0.425 e. The SMILES string of the molecule is O=C(NCc1c(C(F)(F)F)sc2c1CCCC2)Nc1sc2c(c1C(=O)OC1CCOCC1)CCCC2. The van der Waals surface area contributed by atoms with E-state index >= 15 is 0 Å². The van der Waals surface area contributed by atoms with Gasteiger partial charge in [-0.15, -0.1) is 22.7 Å². The Hall–Kier alpha value is -2.11. The van der Waals surface area contributed by atoms with Gasteiger partial charge in [-0.25, -0.2) is 9.59 Å². The van der Waals surface area contributed by atoms with Gasteiger partial charge in [-0.3, -0.25) is 5.32 Å². The van der Waals surface area contributed by atoms with Crippen LogP contribution in [-0.4, -0.2) is 31.3 Å². The van der Waals surface area contributed by atoms with Crippen LogP contribution in [-0.2, 0) is 47.9 Å². The summed E-state index contributed by atoms with van der Waals surface area (Å²) in [7, 11) is 0. The number of aryl methyl sites for hydroxylation is 2. The first-order chi connectivity index (χ1) is 17.3. The molecule has 0 unspecified atom stereocenters. The summed E-state index contributed by atoms with van der Waals surface area (Å²) in [4.78, 5) is 27.2.